The third-order valence-electron chi connectivity index (χ3n) is 3.37. The highest BCUT2D eigenvalue weighted by molar-refractivity contribution is 7.90. The molecule has 9 heteroatoms. The largest absolute Gasteiger partial charge is 0.343 e. The lowest BCUT2D eigenvalue weighted by Gasteiger charge is -2.26. The van der Waals surface area contributed by atoms with Crippen molar-refractivity contribution in [3.8, 4) is 0 Å². The molecule has 0 saturated heterocycles. The van der Waals surface area contributed by atoms with Crippen molar-refractivity contribution >= 4 is 16.0 Å². The number of hydrogen-bond donors (Lipinski definition) is 2. The molecule has 1 aromatic carbocycles. The van der Waals surface area contributed by atoms with Gasteiger partial charge in [-0.05, 0) is 36.4 Å². The summed E-state index contributed by atoms with van der Waals surface area (Å²) in [5.41, 5.74) is 0.907. The molecule has 2 heterocycles. The zero-order valence-corrected chi connectivity index (χ0v) is 13.5. The Kier molecular flexibility index (Phi) is 4.72. The standard InChI is InChI=1S/C15H16FN5O2S/c16-12-4-6-14(7-5-12)24(22,23)20-15-18-10-21(11-19-15)9-13-3-1-2-8-17-13/h1-8H,9-11H2,(H2,18,19,20). The number of sulfonamides is 1. The van der Waals surface area contributed by atoms with Crippen LogP contribution in [0.15, 0.2) is 58.5 Å². The molecule has 1 aromatic heterocycles. The number of rotatable bonds is 4. The molecule has 0 unspecified atom stereocenters. The zero-order chi connectivity index (χ0) is 17.0. The fourth-order valence-electron chi connectivity index (χ4n) is 2.16. The van der Waals surface area contributed by atoms with Gasteiger partial charge in [0.25, 0.3) is 10.0 Å². The van der Waals surface area contributed by atoms with Crippen molar-refractivity contribution in [1.29, 1.82) is 0 Å². The van der Waals surface area contributed by atoms with Gasteiger partial charge in [-0.25, -0.2) is 22.5 Å². The van der Waals surface area contributed by atoms with Gasteiger partial charge in [0.05, 0.1) is 23.9 Å². The van der Waals surface area contributed by atoms with Gasteiger partial charge < -0.3 is 5.32 Å². The van der Waals surface area contributed by atoms with Crippen LogP contribution in [0.3, 0.4) is 0 Å². The predicted octanol–water partition coefficient (Wildman–Crippen LogP) is 0.875. The van der Waals surface area contributed by atoms with Crippen LogP contribution in [0, 0.1) is 5.82 Å². The monoisotopic (exact) mass is 349 g/mol. The van der Waals surface area contributed by atoms with Gasteiger partial charge in [-0.15, -0.1) is 0 Å². The molecule has 0 amide bonds. The number of halogens is 1. The molecule has 2 aromatic rings. The number of aliphatic imine (C=N–C) groups is 1. The van der Waals surface area contributed by atoms with Crippen LogP contribution in [0.2, 0.25) is 0 Å². The lowest BCUT2D eigenvalue weighted by atomic mass is 10.3. The smallest absolute Gasteiger partial charge is 0.264 e. The maximum atomic E-state index is 12.9. The van der Waals surface area contributed by atoms with Gasteiger partial charge in [0.2, 0.25) is 5.96 Å². The van der Waals surface area contributed by atoms with E-state index in [0.29, 0.717) is 19.9 Å². The summed E-state index contributed by atoms with van der Waals surface area (Å²) in [5.74, 6) is -0.330. The SMILES string of the molecule is O=S(=O)(NC1=NCN(Cc2ccccn2)CN1)c1ccc(F)cc1. The molecule has 0 aliphatic carbocycles. The van der Waals surface area contributed by atoms with Gasteiger partial charge in [0.15, 0.2) is 0 Å². The molecule has 0 radical (unpaired) electrons. The maximum Gasteiger partial charge on any atom is 0.264 e. The molecule has 0 fully saturated rings. The third kappa shape index (κ3) is 4.06. The molecule has 3 rings (SSSR count). The lowest BCUT2D eigenvalue weighted by molar-refractivity contribution is 0.252. The minimum absolute atomic E-state index is 0.0238. The topological polar surface area (TPSA) is 86.7 Å². The predicted molar refractivity (Wildman–Crippen MR) is 86.8 cm³/mol. The van der Waals surface area contributed by atoms with Gasteiger partial charge in [-0.1, -0.05) is 6.07 Å². The molecule has 7 nitrogen and oxygen atoms in total. The second kappa shape index (κ2) is 6.93. The number of nitrogens with zero attached hydrogens (tertiary/aromatic N) is 3. The number of aromatic nitrogens is 1. The number of hydrogen-bond acceptors (Lipinski definition) is 6. The van der Waals surface area contributed by atoms with E-state index in [1.54, 1.807) is 6.20 Å². The highest BCUT2D eigenvalue weighted by Crippen LogP contribution is 2.10. The van der Waals surface area contributed by atoms with Crippen molar-refractivity contribution in [2.75, 3.05) is 13.3 Å². The minimum Gasteiger partial charge on any atom is -0.343 e. The maximum absolute atomic E-state index is 12.9. The van der Waals surface area contributed by atoms with E-state index in [1.165, 1.54) is 12.1 Å². The summed E-state index contributed by atoms with van der Waals surface area (Å²) in [4.78, 5) is 10.4. The first kappa shape index (κ1) is 16.3. The third-order valence-corrected chi connectivity index (χ3v) is 4.72. The lowest BCUT2D eigenvalue weighted by Crippen LogP contribution is -2.49. The second-order valence-electron chi connectivity index (χ2n) is 5.19. The van der Waals surface area contributed by atoms with Crippen LogP contribution in [-0.2, 0) is 16.6 Å². The fourth-order valence-corrected chi connectivity index (χ4v) is 3.16. The fraction of sp³-hybridized carbons (Fsp3) is 0.200. The van der Waals surface area contributed by atoms with Crippen LogP contribution < -0.4 is 10.0 Å². The number of nitrogens with one attached hydrogen (secondary N) is 2. The van der Waals surface area contributed by atoms with Crippen molar-refractivity contribution in [1.82, 2.24) is 19.9 Å². The van der Waals surface area contributed by atoms with Crippen molar-refractivity contribution in [3.63, 3.8) is 0 Å². The van der Waals surface area contributed by atoms with Crippen LogP contribution in [-0.4, -0.2) is 37.6 Å². The average molecular weight is 349 g/mol. The van der Waals surface area contributed by atoms with E-state index < -0.39 is 15.8 Å². The summed E-state index contributed by atoms with van der Waals surface area (Å²) in [6, 6.07) is 10.3. The van der Waals surface area contributed by atoms with E-state index in [-0.39, 0.29) is 10.9 Å². The van der Waals surface area contributed by atoms with E-state index in [2.05, 4.69) is 20.0 Å². The van der Waals surface area contributed by atoms with Gasteiger partial charge >= 0.3 is 0 Å². The summed E-state index contributed by atoms with van der Waals surface area (Å²) < 4.78 is 39.7. The van der Waals surface area contributed by atoms with Gasteiger partial charge in [-0.3, -0.25) is 9.88 Å². The van der Waals surface area contributed by atoms with Crippen LogP contribution in [0.5, 0.6) is 0 Å². The Labute approximate surface area is 139 Å². The summed E-state index contributed by atoms with van der Waals surface area (Å²) in [7, 11) is -3.79. The molecule has 0 atom stereocenters. The molecule has 0 spiro atoms. The van der Waals surface area contributed by atoms with E-state index >= 15 is 0 Å². The summed E-state index contributed by atoms with van der Waals surface area (Å²) >= 11 is 0. The molecule has 1 aliphatic rings. The quantitative estimate of drug-likeness (QED) is 0.856. The summed E-state index contributed by atoms with van der Waals surface area (Å²) in [6.45, 7) is 1.38. The van der Waals surface area contributed by atoms with Crippen molar-refractivity contribution in [2.24, 2.45) is 4.99 Å². The van der Waals surface area contributed by atoms with Crippen LogP contribution in [0.25, 0.3) is 0 Å². The Morgan fingerprint density at radius 3 is 2.62 bits per heavy atom. The Morgan fingerprint density at radius 2 is 2.00 bits per heavy atom. The van der Waals surface area contributed by atoms with E-state index in [4.69, 9.17) is 0 Å². The molecular weight excluding hydrogens is 333 g/mol. The van der Waals surface area contributed by atoms with Crippen LogP contribution in [0.1, 0.15) is 5.69 Å². The first-order valence-corrected chi connectivity index (χ1v) is 8.70. The van der Waals surface area contributed by atoms with Gasteiger partial charge in [0.1, 0.15) is 5.82 Å². The first-order valence-electron chi connectivity index (χ1n) is 7.22. The summed E-state index contributed by atoms with van der Waals surface area (Å²) in [5, 5.41) is 2.91. The van der Waals surface area contributed by atoms with E-state index in [0.717, 1.165) is 17.8 Å². The minimum atomic E-state index is -3.79. The number of pyridine rings is 1. The molecule has 2 N–H and O–H groups in total. The molecule has 0 bridgehead atoms. The molecule has 1 aliphatic heterocycles. The molecule has 24 heavy (non-hydrogen) atoms. The van der Waals surface area contributed by atoms with Crippen molar-refractivity contribution < 1.29 is 12.8 Å². The highest BCUT2D eigenvalue weighted by atomic mass is 32.2. The van der Waals surface area contributed by atoms with Gasteiger partial charge in [-0.2, -0.15) is 0 Å². The van der Waals surface area contributed by atoms with Gasteiger partial charge in [0, 0.05) is 12.7 Å². The number of benzene rings is 1. The highest BCUT2D eigenvalue weighted by Gasteiger charge is 2.19. The van der Waals surface area contributed by atoms with Crippen molar-refractivity contribution in [3.05, 3.63) is 60.2 Å². The normalized spacial score (nSPS) is 15.5. The zero-order valence-electron chi connectivity index (χ0n) is 12.7. The van der Waals surface area contributed by atoms with E-state index in [9.17, 15) is 12.8 Å². The molecular formula is C15H16FN5O2S. The first-order chi connectivity index (χ1) is 11.5. The molecule has 0 saturated carbocycles. The van der Waals surface area contributed by atoms with Crippen molar-refractivity contribution in [2.45, 2.75) is 11.4 Å². The average Bonchev–Trinajstić information content (AvgIpc) is 2.58. The molecule has 126 valence electrons. The van der Waals surface area contributed by atoms with Crippen LogP contribution >= 0.6 is 0 Å². The van der Waals surface area contributed by atoms with Crippen LogP contribution in [0.4, 0.5) is 4.39 Å². The Hall–Kier alpha value is -2.52. The summed E-state index contributed by atoms with van der Waals surface area (Å²) in [6.07, 6.45) is 1.72. The number of guanidine groups is 1. The van der Waals surface area contributed by atoms with E-state index in [1.807, 2.05) is 23.1 Å². The second-order valence-corrected chi connectivity index (χ2v) is 6.87. The Morgan fingerprint density at radius 1 is 1.21 bits per heavy atom. The Bertz CT molecular complexity index is 825. The Balaban J connectivity index is 1.62.